The number of carbonyl (C=O) groups excluding carboxylic acids is 2. The normalized spacial score (nSPS) is 18.7. The lowest BCUT2D eigenvalue weighted by atomic mass is 9.95. The Bertz CT molecular complexity index is 1650. The molecular formula is C35H41F3N6O5. The smallest absolute Gasteiger partial charge is 0.416 e. The maximum absolute atomic E-state index is 14.2. The van der Waals surface area contributed by atoms with Gasteiger partial charge in [-0.1, -0.05) is 24.3 Å². The molecule has 1 aromatic heterocycles. The molecule has 1 saturated carbocycles. The number of rotatable bonds is 9. The summed E-state index contributed by atoms with van der Waals surface area (Å²) < 4.78 is 48.4. The van der Waals surface area contributed by atoms with E-state index in [4.69, 9.17) is 4.74 Å². The molecule has 3 heterocycles. The molecule has 3 fully saturated rings. The van der Waals surface area contributed by atoms with Crippen LogP contribution >= 0.6 is 0 Å². The molecule has 0 bridgehead atoms. The Kier molecular flexibility index (Phi) is 9.50. The number of hydrogen-bond acceptors (Lipinski definition) is 6. The fourth-order valence-corrected chi connectivity index (χ4v) is 6.64. The van der Waals surface area contributed by atoms with Gasteiger partial charge in [0.15, 0.2) is 5.60 Å². The second-order valence-electron chi connectivity index (χ2n) is 13.6. The van der Waals surface area contributed by atoms with Crippen LogP contribution in [0.25, 0.3) is 11.1 Å². The molecule has 3 aliphatic rings. The van der Waals surface area contributed by atoms with E-state index in [1.54, 1.807) is 11.1 Å². The molecule has 0 spiro atoms. The minimum absolute atomic E-state index is 0.00397. The highest BCUT2D eigenvalue weighted by Gasteiger charge is 2.40. The predicted molar refractivity (Wildman–Crippen MR) is 175 cm³/mol. The molecule has 2 aliphatic heterocycles. The third-order valence-corrected chi connectivity index (χ3v) is 9.49. The van der Waals surface area contributed by atoms with E-state index < -0.39 is 29.3 Å². The van der Waals surface area contributed by atoms with Crippen LogP contribution in [-0.2, 0) is 22.3 Å². The van der Waals surface area contributed by atoms with Gasteiger partial charge in [-0.3, -0.25) is 14.7 Å². The summed E-state index contributed by atoms with van der Waals surface area (Å²) in [6.07, 6.45) is 0.938. The molecule has 2 N–H and O–H groups in total. The number of carboxylic acid groups (broad SMARTS) is 1. The van der Waals surface area contributed by atoms with E-state index in [-0.39, 0.29) is 62.0 Å². The summed E-state index contributed by atoms with van der Waals surface area (Å²) in [5.41, 5.74) is 0.827. The monoisotopic (exact) mass is 682 g/mol. The maximum Gasteiger partial charge on any atom is 0.416 e. The lowest BCUT2D eigenvalue weighted by molar-refractivity contribution is -0.147. The van der Waals surface area contributed by atoms with E-state index in [1.165, 1.54) is 29.7 Å². The Labute approximate surface area is 282 Å². The second kappa shape index (κ2) is 13.6. The quantitative estimate of drug-likeness (QED) is 0.307. The first-order chi connectivity index (χ1) is 23.3. The van der Waals surface area contributed by atoms with Crippen LogP contribution in [-0.4, -0.2) is 98.8 Å². The number of nitrogens with zero attached hydrogens (tertiary/aromatic N) is 5. The van der Waals surface area contributed by atoms with Crippen LogP contribution in [0, 0.1) is 5.92 Å². The molecule has 0 radical (unpaired) electrons. The highest BCUT2D eigenvalue weighted by atomic mass is 19.4. The first-order valence-electron chi connectivity index (χ1n) is 16.6. The Morgan fingerprint density at radius 3 is 2.27 bits per heavy atom. The Morgan fingerprint density at radius 1 is 0.959 bits per heavy atom. The molecule has 6 rings (SSSR count). The van der Waals surface area contributed by atoms with Crippen molar-refractivity contribution >= 4 is 23.6 Å². The summed E-state index contributed by atoms with van der Waals surface area (Å²) in [7, 11) is 0. The number of benzene rings is 2. The second-order valence-corrected chi connectivity index (χ2v) is 13.6. The standard InChI is InChI=1S/C35H41F3N6O5/c1-34(2,32(46)41-12-14-42(15-13-41)33(47)48)49-30-17-27(35(36,37)38)16-29(18-30)43-11-3-4-25(22-43)31(45)44(28-9-10-28)21-23-5-7-24(8-6-23)26-19-39-40-20-26/h5-8,16-20,25,28H,3-4,9-15,21-22H2,1-2H3,(H,39,40)(H,47,48)/t25-/m1/s1. The summed E-state index contributed by atoms with van der Waals surface area (Å²) in [5.74, 6) is -0.944. The number of ether oxygens (including phenoxy) is 1. The number of piperidine rings is 1. The van der Waals surface area contributed by atoms with Gasteiger partial charge in [0.05, 0.1) is 17.7 Å². The Hall–Kier alpha value is -4.75. The van der Waals surface area contributed by atoms with Gasteiger partial charge in [-0.2, -0.15) is 18.3 Å². The van der Waals surface area contributed by atoms with Crippen molar-refractivity contribution in [2.75, 3.05) is 44.2 Å². The average Bonchev–Trinajstić information content (AvgIpc) is 3.78. The summed E-state index contributed by atoms with van der Waals surface area (Å²) >= 11 is 0. The number of H-pyrrole nitrogens is 1. The van der Waals surface area contributed by atoms with E-state index in [0.717, 1.165) is 41.7 Å². The van der Waals surface area contributed by atoms with Crippen molar-refractivity contribution in [2.24, 2.45) is 5.92 Å². The van der Waals surface area contributed by atoms with E-state index in [2.05, 4.69) is 10.2 Å². The molecule has 0 unspecified atom stereocenters. The third-order valence-electron chi connectivity index (χ3n) is 9.49. The minimum atomic E-state index is -4.67. The van der Waals surface area contributed by atoms with Crippen LogP contribution in [0.15, 0.2) is 54.9 Å². The lowest BCUT2D eigenvalue weighted by Crippen LogP contribution is -2.56. The van der Waals surface area contributed by atoms with E-state index in [0.29, 0.717) is 25.9 Å². The molecule has 11 nitrogen and oxygen atoms in total. The molecule has 14 heteroatoms. The number of piperazine rings is 1. The van der Waals surface area contributed by atoms with Gasteiger partial charge >= 0.3 is 12.3 Å². The van der Waals surface area contributed by atoms with Crippen LogP contribution < -0.4 is 9.64 Å². The number of aromatic amines is 1. The molecule has 49 heavy (non-hydrogen) atoms. The van der Waals surface area contributed by atoms with Gasteiger partial charge in [0.1, 0.15) is 5.75 Å². The number of nitrogens with one attached hydrogen (secondary N) is 1. The van der Waals surface area contributed by atoms with Crippen LogP contribution in [0.1, 0.15) is 50.7 Å². The van der Waals surface area contributed by atoms with Crippen molar-refractivity contribution in [1.82, 2.24) is 24.9 Å². The predicted octanol–water partition coefficient (Wildman–Crippen LogP) is 5.48. The zero-order valence-corrected chi connectivity index (χ0v) is 27.6. The maximum atomic E-state index is 14.2. The molecular weight excluding hydrogens is 641 g/mol. The number of aromatic nitrogens is 2. The van der Waals surface area contributed by atoms with Gasteiger partial charge < -0.3 is 29.4 Å². The summed E-state index contributed by atoms with van der Waals surface area (Å²) in [6.45, 7) is 4.76. The van der Waals surface area contributed by atoms with Crippen LogP contribution in [0.4, 0.5) is 23.7 Å². The van der Waals surface area contributed by atoms with Gasteiger partial charge in [-0.25, -0.2) is 4.79 Å². The minimum Gasteiger partial charge on any atom is -0.478 e. The number of carbonyl (C=O) groups is 3. The highest BCUT2D eigenvalue weighted by Crippen LogP contribution is 2.38. The molecule has 1 aliphatic carbocycles. The van der Waals surface area contributed by atoms with Crippen molar-refractivity contribution in [3.63, 3.8) is 0 Å². The summed E-state index contributed by atoms with van der Waals surface area (Å²) in [4.78, 5) is 45.0. The fraction of sp³-hybridized carbons (Fsp3) is 0.486. The number of anilines is 1. The van der Waals surface area contributed by atoms with Crippen molar-refractivity contribution in [3.8, 4) is 16.9 Å². The molecule has 1 atom stereocenters. The fourth-order valence-electron chi connectivity index (χ4n) is 6.64. The summed E-state index contributed by atoms with van der Waals surface area (Å²) in [5, 5.41) is 16.0. The molecule has 262 valence electrons. The van der Waals surface area contributed by atoms with E-state index in [9.17, 15) is 32.7 Å². The zero-order chi connectivity index (χ0) is 34.9. The van der Waals surface area contributed by atoms with Crippen LogP contribution in [0.3, 0.4) is 0 Å². The van der Waals surface area contributed by atoms with Crippen LogP contribution in [0.2, 0.25) is 0 Å². The van der Waals surface area contributed by atoms with Crippen LogP contribution in [0.5, 0.6) is 5.75 Å². The topological polar surface area (TPSA) is 122 Å². The molecule has 2 aromatic carbocycles. The van der Waals surface area contributed by atoms with Gasteiger partial charge in [0.25, 0.3) is 5.91 Å². The van der Waals surface area contributed by atoms with Gasteiger partial charge in [0.2, 0.25) is 5.91 Å². The number of alkyl halides is 3. The Balaban J connectivity index is 1.16. The van der Waals surface area contributed by atoms with Gasteiger partial charge in [-0.05, 0) is 62.8 Å². The molecule has 3 aromatic rings. The lowest BCUT2D eigenvalue weighted by Gasteiger charge is -2.38. The summed E-state index contributed by atoms with van der Waals surface area (Å²) in [6, 6.07) is 11.6. The van der Waals surface area contributed by atoms with Crippen molar-refractivity contribution in [3.05, 3.63) is 66.0 Å². The first kappa shape index (κ1) is 34.1. The third kappa shape index (κ3) is 7.94. The molecule has 2 saturated heterocycles. The van der Waals surface area contributed by atoms with Crippen molar-refractivity contribution in [2.45, 2.75) is 63.9 Å². The first-order valence-corrected chi connectivity index (χ1v) is 16.6. The number of amides is 3. The average molecular weight is 683 g/mol. The van der Waals surface area contributed by atoms with E-state index >= 15 is 0 Å². The highest BCUT2D eigenvalue weighted by molar-refractivity contribution is 5.85. The number of halogens is 3. The van der Waals surface area contributed by atoms with Crippen molar-refractivity contribution in [1.29, 1.82) is 0 Å². The molecule has 3 amide bonds. The Morgan fingerprint density at radius 2 is 1.65 bits per heavy atom. The number of hydrogen-bond donors (Lipinski definition) is 2. The van der Waals surface area contributed by atoms with Gasteiger partial charge in [0, 0.05) is 75.4 Å². The SMILES string of the molecule is CC(C)(Oc1cc(N2CCC[C@@H](C(=O)N(Cc3ccc(-c4cn[nH]c4)cc3)C3CC3)C2)cc(C(F)(F)F)c1)C(=O)N1CCN(C(=O)O)CC1. The zero-order valence-electron chi connectivity index (χ0n) is 27.6. The van der Waals surface area contributed by atoms with Crippen molar-refractivity contribution < 1.29 is 37.4 Å². The van der Waals surface area contributed by atoms with E-state index in [1.807, 2.05) is 35.4 Å². The van der Waals surface area contributed by atoms with Gasteiger partial charge in [-0.15, -0.1) is 0 Å². The largest absolute Gasteiger partial charge is 0.478 e.